The first-order valence-corrected chi connectivity index (χ1v) is 25.1. The fraction of sp³-hybridized carbons (Fsp3) is 0.200. The molecule has 0 amide bonds. The van der Waals surface area contributed by atoms with E-state index in [0.29, 0.717) is 0 Å². The van der Waals surface area contributed by atoms with Crippen molar-refractivity contribution in [1.29, 1.82) is 0 Å². The second-order valence-corrected chi connectivity index (χ2v) is 39.3. The van der Waals surface area contributed by atoms with Gasteiger partial charge in [0.1, 0.15) is 0 Å². The number of hydrogen-bond donors (Lipinski definition) is 0. The van der Waals surface area contributed by atoms with Crippen LogP contribution >= 0.6 is 24.8 Å². The van der Waals surface area contributed by atoms with E-state index in [0.717, 1.165) is 0 Å². The van der Waals surface area contributed by atoms with E-state index in [1.54, 1.807) is 0 Å². The standard InChI is InChI=1S/2C13H9.C3H4F3.CH3.2ClH.H2Si.Zr/c2*1-3-7-12-10(5-1)9-11-6-2-4-8-13(11)12;1-2-3(4,5)6;;;;;/h2*1-9H;1-2H2;1H3;2*1H;1H2;. The number of rotatable bonds is 4. The quantitative estimate of drug-likeness (QED) is 0.196. The van der Waals surface area contributed by atoms with Crippen molar-refractivity contribution in [3.63, 3.8) is 0 Å². The molecule has 0 aliphatic heterocycles. The van der Waals surface area contributed by atoms with Gasteiger partial charge in [-0.3, -0.25) is 0 Å². The van der Waals surface area contributed by atoms with Gasteiger partial charge in [-0.25, -0.2) is 0 Å². The molecule has 0 fully saturated rings. The fourth-order valence-corrected chi connectivity index (χ4v) is 29.7. The van der Waals surface area contributed by atoms with Gasteiger partial charge in [-0.2, -0.15) is 0 Å². The Morgan fingerprint density at radius 1 is 0.595 bits per heavy atom. The van der Waals surface area contributed by atoms with Crippen molar-refractivity contribution in [3.05, 3.63) is 119 Å². The average molecular weight is 637 g/mol. The van der Waals surface area contributed by atoms with Crippen LogP contribution in [0.3, 0.4) is 0 Å². The van der Waals surface area contributed by atoms with Gasteiger partial charge in [0.05, 0.1) is 0 Å². The van der Waals surface area contributed by atoms with Crippen LogP contribution in [0.15, 0.2) is 97.1 Å². The summed E-state index contributed by atoms with van der Waals surface area (Å²) >= 11 is -4.45. The first-order valence-electron chi connectivity index (χ1n) is 12.2. The molecule has 0 saturated carbocycles. The summed E-state index contributed by atoms with van der Waals surface area (Å²) in [4.78, 5) is 0. The van der Waals surface area contributed by atoms with Gasteiger partial charge >= 0.3 is 208 Å². The zero-order valence-corrected chi connectivity index (χ0v) is 26.0. The van der Waals surface area contributed by atoms with Crippen LogP contribution in [0.5, 0.6) is 0 Å². The van der Waals surface area contributed by atoms with Gasteiger partial charge in [-0.1, -0.05) is 0 Å². The number of hydrogen-bond acceptors (Lipinski definition) is 0. The van der Waals surface area contributed by atoms with Crippen LogP contribution < -0.4 is 0 Å². The minimum absolute atomic E-state index is 0. The van der Waals surface area contributed by atoms with Crippen molar-refractivity contribution in [3.8, 4) is 22.3 Å². The minimum atomic E-state index is -4.45. The van der Waals surface area contributed by atoms with Gasteiger partial charge in [0.15, 0.2) is 0 Å². The Hall–Kier alpha value is -1.65. The summed E-state index contributed by atoms with van der Waals surface area (Å²) in [7, 11) is 0. The zero-order valence-electron chi connectivity index (χ0n) is 20.5. The molecule has 0 bridgehead atoms. The molecule has 7 heteroatoms. The number of fused-ring (bicyclic) bond motifs is 6. The Bertz CT molecular complexity index is 1360. The number of halogens is 5. The molecule has 0 saturated heterocycles. The molecule has 192 valence electrons. The van der Waals surface area contributed by atoms with E-state index in [-0.39, 0.29) is 36.2 Å². The topological polar surface area (TPSA) is 0 Å². The van der Waals surface area contributed by atoms with Crippen LogP contribution in [0.4, 0.5) is 13.2 Å². The summed E-state index contributed by atoms with van der Waals surface area (Å²) in [5.41, 5.74) is 9.65. The summed E-state index contributed by atoms with van der Waals surface area (Å²) in [6.45, 7) is 2.01. The van der Waals surface area contributed by atoms with E-state index in [9.17, 15) is 13.2 Å². The molecule has 0 radical (unpaired) electrons. The SMILES string of the molecule is Cl.Cl.[CH3][Zr](=[SiH2])([CH2]CC(F)(F)F)([CH]1c2ccccc2-c2ccccc21)[CH]1c2ccccc2-c2ccccc21. The second kappa shape index (κ2) is 9.83. The first kappa shape index (κ1) is 28.4. The van der Waals surface area contributed by atoms with Gasteiger partial charge < -0.3 is 0 Å². The van der Waals surface area contributed by atoms with Crippen LogP contribution in [0, 0.1) is 0 Å². The van der Waals surface area contributed by atoms with Gasteiger partial charge in [0.2, 0.25) is 0 Å². The molecular formula is C30H29Cl2F3SiZr. The molecule has 37 heavy (non-hydrogen) atoms. The molecule has 0 aromatic heterocycles. The van der Waals surface area contributed by atoms with E-state index in [1.165, 1.54) is 44.5 Å². The van der Waals surface area contributed by atoms with Gasteiger partial charge in [-0.15, -0.1) is 24.8 Å². The maximum absolute atomic E-state index is 14.0. The number of benzene rings is 4. The van der Waals surface area contributed by atoms with Crippen molar-refractivity contribution in [1.82, 2.24) is 0 Å². The van der Waals surface area contributed by atoms with Crippen molar-refractivity contribution < 1.29 is 30.6 Å². The van der Waals surface area contributed by atoms with E-state index in [1.807, 2.05) is 31.1 Å². The molecule has 0 spiro atoms. The Balaban J connectivity index is 0.00000160. The van der Waals surface area contributed by atoms with Gasteiger partial charge in [0.25, 0.3) is 0 Å². The molecular weight excluding hydrogens is 608 g/mol. The zero-order chi connectivity index (χ0) is 24.4. The molecule has 2 aliphatic rings. The summed E-state index contributed by atoms with van der Waals surface area (Å²) in [6.07, 6.45) is -4.90. The van der Waals surface area contributed by atoms with Crippen LogP contribution in [-0.2, 0) is 17.4 Å². The fourth-order valence-electron chi connectivity index (χ4n) is 7.13. The van der Waals surface area contributed by atoms with Crippen molar-refractivity contribution in [2.75, 3.05) is 0 Å². The predicted molar refractivity (Wildman–Crippen MR) is 152 cm³/mol. The van der Waals surface area contributed by atoms with Crippen LogP contribution in [-0.4, -0.2) is 13.1 Å². The van der Waals surface area contributed by atoms with Crippen LogP contribution in [0.1, 0.15) is 35.9 Å². The Morgan fingerprint density at radius 3 is 1.14 bits per heavy atom. The summed E-state index contributed by atoms with van der Waals surface area (Å²) in [5.74, 6) is 0. The van der Waals surface area contributed by atoms with Crippen molar-refractivity contribution in [2.24, 2.45) is 0 Å². The molecule has 0 N–H and O–H groups in total. The molecule has 0 heterocycles. The van der Waals surface area contributed by atoms with E-state index in [4.69, 9.17) is 0 Å². The average Bonchev–Trinajstić information content (AvgIpc) is 3.37. The molecule has 6 rings (SSSR count). The maximum atomic E-state index is 14.0. The molecule has 0 unspecified atom stereocenters. The van der Waals surface area contributed by atoms with Crippen molar-refractivity contribution in [2.45, 2.75) is 28.6 Å². The summed E-state index contributed by atoms with van der Waals surface area (Å²) in [6, 6.07) is 33.7. The summed E-state index contributed by atoms with van der Waals surface area (Å²) in [5, 5.41) is 0. The third-order valence-electron chi connectivity index (χ3n) is 8.52. The third-order valence-corrected chi connectivity index (χ3v) is 31.1. The second-order valence-electron chi connectivity index (χ2n) is 10.8. The van der Waals surface area contributed by atoms with Gasteiger partial charge in [-0.05, 0) is 0 Å². The first-order chi connectivity index (χ1) is 16.7. The van der Waals surface area contributed by atoms with Crippen LogP contribution in [0.25, 0.3) is 22.3 Å². The number of alkyl halides is 3. The van der Waals surface area contributed by atoms with Crippen LogP contribution in [0.2, 0.25) is 8.76 Å². The molecule has 0 nitrogen and oxygen atoms in total. The molecule has 2 aliphatic carbocycles. The monoisotopic (exact) mass is 634 g/mol. The van der Waals surface area contributed by atoms with E-state index >= 15 is 0 Å². The molecule has 0 atom stereocenters. The normalized spacial score (nSPS) is 14.6. The van der Waals surface area contributed by atoms with E-state index in [2.05, 4.69) is 77.4 Å². The predicted octanol–water partition coefficient (Wildman–Crippen LogP) is 9.03. The van der Waals surface area contributed by atoms with Gasteiger partial charge in [0, 0.05) is 0 Å². The third kappa shape index (κ3) is 4.40. The Morgan fingerprint density at radius 2 is 0.865 bits per heavy atom. The molecule has 4 aromatic rings. The van der Waals surface area contributed by atoms with Crippen molar-refractivity contribution >= 4 is 31.7 Å². The van der Waals surface area contributed by atoms with E-state index < -0.39 is 30.0 Å². The Labute approximate surface area is 231 Å². The summed E-state index contributed by atoms with van der Waals surface area (Å²) < 4.78 is 44.5. The molecule has 4 aromatic carbocycles. The Kier molecular flexibility index (Phi) is 7.53.